The summed E-state index contributed by atoms with van der Waals surface area (Å²) in [5.74, 6) is -0.818. The van der Waals surface area contributed by atoms with E-state index in [2.05, 4.69) is 0 Å². The molecule has 0 N–H and O–H groups in total. The molecular weight excluding hydrogens is 404 g/mol. The molecule has 0 spiro atoms. The van der Waals surface area contributed by atoms with Crippen LogP contribution in [-0.2, 0) is 19.1 Å². The predicted octanol–water partition coefficient (Wildman–Crippen LogP) is 3.61. The average molecular weight is 428 g/mol. The molecular formula is C23H24O8. The summed E-state index contributed by atoms with van der Waals surface area (Å²) < 4.78 is 27.1. The highest BCUT2D eigenvalue weighted by molar-refractivity contribution is 5.94. The molecule has 3 rings (SSSR count). The third-order valence-electron chi connectivity index (χ3n) is 4.05. The van der Waals surface area contributed by atoms with Crippen molar-refractivity contribution in [3.63, 3.8) is 0 Å². The monoisotopic (exact) mass is 428 g/mol. The molecule has 0 atom stereocenters. The number of rotatable bonds is 8. The van der Waals surface area contributed by atoms with Crippen molar-refractivity contribution in [3.8, 4) is 11.5 Å². The Hall–Kier alpha value is -3.55. The fraction of sp³-hybridized carbons (Fsp3) is 0.348. The first-order valence-corrected chi connectivity index (χ1v) is 9.88. The molecule has 1 heterocycles. The van der Waals surface area contributed by atoms with Crippen molar-refractivity contribution >= 4 is 33.9 Å². The zero-order valence-electron chi connectivity index (χ0n) is 17.8. The molecule has 3 aromatic rings. The van der Waals surface area contributed by atoms with Crippen LogP contribution in [-0.4, -0.2) is 37.4 Å². The number of fused-ring (bicyclic) bond motifs is 2. The maximum atomic E-state index is 13.1. The van der Waals surface area contributed by atoms with Gasteiger partial charge in [-0.1, -0.05) is 12.1 Å². The number of ether oxygens (including phenoxy) is 4. The standard InChI is InChI=1S/C23H24O8/c1-13(2)29-20(24)11-27-15-9-18(28-12-21(25)30-14(3)4)22-19(10-15)31-17-8-6-5-7-16(17)23(22)26/h5-10,13-14H,11-12H2,1-4H3. The zero-order valence-corrected chi connectivity index (χ0v) is 17.8. The van der Waals surface area contributed by atoms with Crippen molar-refractivity contribution in [2.24, 2.45) is 0 Å². The summed E-state index contributed by atoms with van der Waals surface area (Å²) in [4.78, 5) is 36.8. The highest BCUT2D eigenvalue weighted by atomic mass is 16.6. The second-order valence-electron chi connectivity index (χ2n) is 7.38. The van der Waals surface area contributed by atoms with Crippen LogP contribution in [0.2, 0.25) is 0 Å². The number of carbonyl (C=O) groups excluding carboxylic acids is 2. The topological polar surface area (TPSA) is 101 Å². The minimum atomic E-state index is -0.583. The fourth-order valence-corrected chi connectivity index (χ4v) is 2.94. The smallest absolute Gasteiger partial charge is 0.344 e. The van der Waals surface area contributed by atoms with E-state index in [1.54, 1.807) is 52.0 Å². The Kier molecular flexibility index (Phi) is 6.79. The summed E-state index contributed by atoms with van der Waals surface area (Å²) in [5.41, 5.74) is 0.280. The molecule has 0 saturated carbocycles. The summed E-state index contributed by atoms with van der Waals surface area (Å²) in [6.45, 7) is 6.16. The van der Waals surface area contributed by atoms with Crippen LogP contribution >= 0.6 is 0 Å². The Morgan fingerprint density at radius 2 is 1.48 bits per heavy atom. The molecule has 0 bridgehead atoms. The van der Waals surface area contributed by atoms with E-state index >= 15 is 0 Å². The van der Waals surface area contributed by atoms with Crippen LogP contribution in [0.15, 0.2) is 45.6 Å². The fourth-order valence-electron chi connectivity index (χ4n) is 2.94. The van der Waals surface area contributed by atoms with Gasteiger partial charge in [-0.2, -0.15) is 0 Å². The number of benzene rings is 2. The van der Waals surface area contributed by atoms with Gasteiger partial charge in [0.25, 0.3) is 0 Å². The highest BCUT2D eigenvalue weighted by Gasteiger charge is 2.17. The summed E-state index contributed by atoms with van der Waals surface area (Å²) in [7, 11) is 0. The van der Waals surface area contributed by atoms with Crippen molar-refractivity contribution in [3.05, 3.63) is 46.6 Å². The number of esters is 2. The third-order valence-corrected chi connectivity index (χ3v) is 4.05. The molecule has 0 aliphatic carbocycles. The zero-order chi connectivity index (χ0) is 22.5. The Labute approximate surface area is 178 Å². The van der Waals surface area contributed by atoms with Crippen LogP contribution in [0.1, 0.15) is 27.7 Å². The van der Waals surface area contributed by atoms with Crippen LogP contribution in [0.4, 0.5) is 0 Å². The summed E-state index contributed by atoms with van der Waals surface area (Å²) >= 11 is 0. The van der Waals surface area contributed by atoms with Gasteiger partial charge in [0.2, 0.25) is 5.43 Å². The molecule has 0 radical (unpaired) electrons. The van der Waals surface area contributed by atoms with Gasteiger partial charge < -0.3 is 23.4 Å². The predicted molar refractivity (Wildman–Crippen MR) is 113 cm³/mol. The van der Waals surface area contributed by atoms with Gasteiger partial charge in [-0.15, -0.1) is 0 Å². The number of carbonyl (C=O) groups is 2. The molecule has 0 saturated heterocycles. The maximum absolute atomic E-state index is 13.1. The van der Waals surface area contributed by atoms with Crippen LogP contribution in [0, 0.1) is 0 Å². The molecule has 31 heavy (non-hydrogen) atoms. The molecule has 8 heteroatoms. The molecule has 0 fully saturated rings. The first kappa shape index (κ1) is 22.1. The Morgan fingerprint density at radius 1 is 0.871 bits per heavy atom. The van der Waals surface area contributed by atoms with E-state index in [1.165, 1.54) is 12.1 Å². The van der Waals surface area contributed by atoms with E-state index in [1.807, 2.05) is 0 Å². The molecule has 0 aliphatic heterocycles. The molecule has 0 unspecified atom stereocenters. The largest absolute Gasteiger partial charge is 0.482 e. The lowest BCUT2D eigenvalue weighted by molar-refractivity contribution is -0.150. The lowest BCUT2D eigenvalue weighted by Crippen LogP contribution is -2.20. The van der Waals surface area contributed by atoms with Crippen LogP contribution in [0.5, 0.6) is 11.5 Å². The summed E-state index contributed by atoms with van der Waals surface area (Å²) in [6.07, 6.45) is -0.577. The minimum absolute atomic E-state index is 0.0879. The van der Waals surface area contributed by atoms with Crippen molar-refractivity contribution in [1.82, 2.24) is 0 Å². The van der Waals surface area contributed by atoms with Gasteiger partial charge in [0.1, 0.15) is 28.1 Å². The SMILES string of the molecule is CC(C)OC(=O)COc1cc(OCC(=O)OC(C)C)c2c(=O)c3ccccc3oc2c1. The first-order chi connectivity index (χ1) is 14.7. The second-order valence-corrected chi connectivity index (χ2v) is 7.38. The van der Waals surface area contributed by atoms with Gasteiger partial charge in [0, 0.05) is 12.1 Å². The third kappa shape index (κ3) is 5.53. The van der Waals surface area contributed by atoms with Gasteiger partial charge >= 0.3 is 11.9 Å². The first-order valence-electron chi connectivity index (χ1n) is 9.88. The molecule has 0 amide bonds. The van der Waals surface area contributed by atoms with Crippen LogP contribution in [0.3, 0.4) is 0 Å². The van der Waals surface area contributed by atoms with Crippen molar-refractivity contribution in [1.29, 1.82) is 0 Å². The molecule has 8 nitrogen and oxygen atoms in total. The van der Waals surface area contributed by atoms with Crippen molar-refractivity contribution < 1.29 is 33.0 Å². The quantitative estimate of drug-likeness (QED) is 0.396. The van der Waals surface area contributed by atoms with Gasteiger partial charge in [0.15, 0.2) is 13.2 Å². The Morgan fingerprint density at radius 3 is 2.13 bits per heavy atom. The average Bonchev–Trinajstić information content (AvgIpc) is 2.69. The van der Waals surface area contributed by atoms with Crippen LogP contribution < -0.4 is 14.9 Å². The molecule has 2 aromatic carbocycles. The van der Waals surface area contributed by atoms with Crippen molar-refractivity contribution in [2.45, 2.75) is 39.9 Å². The lowest BCUT2D eigenvalue weighted by Gasteiger charge is -2.13. The van der Waals surface area contributed by atoms with Gasteiger partial charge in [0.05, 0.1) is 17.6 Å². The van der Waals surface area contributed by atoms with Gasteiger partial charge in [-0.05, 0) is 39.8 Å². The second kappa shape index (κ2) is 9.51. The number of para-hydroxylation sites is 1. The van der Waals surface area contributed by atoms with E-state index in [-0.39, 0.29) is 46.7 Å². The number of hydrogen-bond acceptors (Lipinski definition) is 8. The van der Waals surface area contributed by atoms with E-state index in [0.29, 0.717) is 11.0 Å². The van der Waals surface area contributed by atoms with Gasteiger partial charge in [-0.25, -0.2) is 9.59 Å². The minimum Gasteiger partial charge on any atom is -0.482 e. The normalized spacial score (nSPS) is 11.2. The summed E-state index contributed by atoms with van der Waals surface area (Å²) in [5, 5.41) is 0.534. The van der Waals surface area contributed by atoms with Crippen molar-refractivity contribution in [2.75, 3.05) is 13.2 Å². The number of hydrogen-bond donors (Lipinski definition) is 0. The van der Waals surface area contributed by atoms with Gasteiger partial charge in [-0.3, -0.25) is 4.79 Å². The maximum Gasteiger partial charge on any atom is 0.344 e. The van der Waals surface area contributed by atoms with Crippen LogP contribution in [0.25, 0.3) is 21.9 Å². The Bertz CT molecular complexity index is 1160. The molecule has 0 aliphatic rings. The lowest BCUT2D eigenvalue weighted by atomic mass is 10.1. The van der Waals surface area contributed by atoms with E-state index < -0.39 is 18.5 Å². The van der Waals surface area contributed by atoms with E-state index in [9.17, 15) is 14.4 Å². The Balaban J connectivity index is 1.99. The summed E-state index contributed by atoms with van der Waals surface area (Å²) in [6, 6.07) is 9.71. The van der Waals surface area contributed by atoms with E-state index in [0.717, 1.165) is 0 Å². The molecule has 1 aromatic heterocycles. The molecule has 164 valence electrons. The van der Waals surface area contributed by atoms with E-state index in [4.69, 9.17) is 23.4 Å². The highest BCUT2D eigenvalue weighted by Crippen LogP contribution is 2.31.